The molecule has 1 N–H and O–H groups in total. The van der Waals surface area contributed by atoms with Gasteiger partial charge in [0.15, 0.2) is 11.5 Å². The Hall–Kier alpha value is -1.89. The molecule has 6 heteroatoms. The number of thiophene rings is 1. The van der Waals surface area contributed by atoms with Crippen LogP contribution in [0.5, 0.6) is 11.5 Å². The molecule has 0 amide bonds. The molecule has 1 atom stereocenters. The highest BCUT2D eigenvalue weighted by Crippen LogP contribution is 2.29. The number of thiazole rings is 1. The van der Waals surface area contributed by atoms with Crippen molar-refractivity contribution in [3.05, 3.63) is 62.2 Å². The van der Waals surface area contributed by atoms with Gasteiger partial charge in [-0.15, -0.1) is 22.7 Å². The number of methoxy groups -OCH3 is 1. The van der Waals surface area contributed by atoms with Gasteiger partial charge in [-0.05, 0) is 43.0 Å². The van der Waals surface area contributed by atoms with Crippen molar-refractivity contribution in [2.45, 2.75) is 32.9 Å². The van der Waals surface area contributed by atoms with E-state index in [1.807, 2.05) is 26.0 Å². The summed E-state index contributed by atoms with van der Waals surface area (Å²) in [4.78, 5) is 6.05. The topological polar surface area (TPSA) is 43.4 Å². The first-order chi connectivity index (χ1) is 12.7. The van der Waals surface area contributed by atoms with Gasteiger partial charge in [-0.2, -0.15) is 0 Å². The second-order valence-electron chi connectivity index (χ2n) is 5.96. The lowest BCUT2D eigenvalue weighted by atomic mass is 10.1. The maximum Gasteiger partial charge on any atom is 0.161 e. The Morgan fingerprint density at radius 2 is 2.08 bits per heavy atom. The Morgan fingerprint density at radius 3 is 2.73 bits per heavy atom. The number of nitrogens with zero attached hydrogens (tertiary/aromatic N) is 1. The summed E-state index contributed by atoms with van der Waals surface area (Å²) in [5.74, 6) is 1.55. The van der Waals surface area contributed by atoms with E-state index in [0.717, 1.165) is 40.7 Å². The molecule has 3 aromatic rings. The van der Waals surface area contributed by atoms with Crippen molar-refractivity contribution in [1.29, 1.82) is 0 Å². The second kappa shape index (κ2) is 9.16. The van der Waals surface area contributed by atoms with E-state index < -0.39 is 0 Å². The normalized spacial score (nSPS) is 12.1. The van der Waals surface area contributed by atoms with Crippen molar-refractivity contribution in [3.8, 4) is 11.5 Å². The molecular weight excluding hydrogens is 364 g/mol. The molecule has 0 spiro atoms. The van der Waals surface area contributed by atoms with Crippen LogP contribution >= 0.6 is 22.7 Å². The molecule has 0 saturated carbocycles. The Labute approximate surface area is 162 Å². The fourth-order valence-corrected chi connectivity index (χ4v) is 4.37. The van der Waals surface area contributed by atoms with Gasteiger partial charge in [0.2, 0.25) is 0 Å². The van der Waals surface area contributed by atoms with Gasteiger partial charge in [-0.1, -0.05) is 12.1 Å². The summed E-state index contributed by atoms with van der Waals surface area (Å²) in [6.45, 7) is 5.39. The van der Waals surface area contributed by atoms with Crippen LogP contribution in [0.2, 0.25) is 0 Å². The molecule has 0 aliphatic heterocycles. The van der Waals surface area contributed by atoms with E-state index in [-0.39, 0.29) is 6.04 Å². The van der Waals surface area contributed by atoms with Gasteiger partial charge in [-0.3, -0.25) is 0 Å². The fraction of sp³-hybridized carbons (Fsp3) is 0.350. The van der Waals surface area contributed by atoms with E-state index in [0.29, 0.717) is 6.61 Å². The van der Waals surface area contributed by atoms with Crippen molar-refractivity contribution >= 4 is 22.7 Å². The van der Waals surface area contributed by atoms with Crippen molar-refractivity contribution in [2.24, 2.45) is 0 Å². The molecule has 0 saturated heterocycles. The first-order valence-electron chi connectivity index (χ1n) is 8.67. The van der Waals surface area contributed by atoms with Crippen LogP contribution in [-0.2, 0) is 13.0 Å². The third-order valence-electron chi connectivity index (χ3n) is 4.00. The molecule has 0 aliphatic carbocycles. The monoisotopic (exact) mass is 388 g/mol. The minimum atomic E-state index is 0.199. The minimum Gasteiger partial charge on any atom is -0.493 e. The van der Waals surface area contributed by atoms with Crippen LogP contribution in [0.15, 0.2) is 41.1 Å². The van der Waals surface area contributed by atoms with E-state index in [9.17, 15) is 0 Å². The molecule has 4 nitrogen and oxygen atoms in total. The molecule has 0 bridgehead atoms. The number of aryl methyl sites for hydroxylation is 1. The predicted molar refractivity (Wildman–Crippen MR) is 109 cm³/mol. The quantitative estimate of drug-likeness (QED) is 0.560. The van der Waals surface area contributed by atoms with Crippen LogP contribution in [-0.4, -0.2) is 18.7 Å². The Kier molecular flexibility index (Phi) is 6.66. The lowest BCUT2D eigenvalue weighted by Crippen LogP contribution is -2.22. The maximum atomic E-state index is 5.60. The van der Waals surface area contributed by atoms with Gasteiger partial charge >= 0.3 is 0 Å². The molecule has 2 heterocycles. The lowest BCUT2D eigenvalue weighted by Gasteiger charge is -2.17. The lowest BCUT2D eigenvalue weighted by molar-refractivity contribution is 0.310. The van der Waals surface area contributed by atoms with E-state index in [1.165, 1.54) is 4.88 Å². The standard InChI is InChI=1S/C20H24N2O2S2/c1-4-24-18-8-7-15(10-19(18)23-3)12-21-17(11-16-6-5-9-25-16)20-22-14(2)13-26-20/h5-10,13,17,21H,4,11-12H2,1-3H3/t17-/m0/s1. The smallest absolute Gasteiger partial charge is 0.161 e. The Balaban J connectivity index is 1.73. The highest BCUT2D eigenvalue weighted by molar-refractivity contribution is 7.10. The summed E-state index contributed by atoms with van der Waals surface area (Å²) in [5.41, 5.74) is 2.24. The minimum absolute atomic E-state index is 0.199. The van der Waals surface area contributed by atoms with Gasteiger partial charge < -0.3 is 14.8 Å². The van der Waals surface area contributed by atoms with Crippen molar-refractivity contribution < 1.29 is 9.47 Å². The molecule has 0 unspecified atom stereocenters. The molecule has 138 valence electrons. The molecule has 26 heavy (non-hydrogen) atoms. The average molecular weight is 389 g/mol. The SMILES string of the molecule is CCOc1ccc(CN[C@@H](Cc2cccs2)c2nc(C)cs2)cc1OC. The zero-order valence-electron chi connectivity index (χ0n) is 15.3. The van der Waals surface area contributed by atoms with Crippen molar-refractivity contribution in [1.82, 2.24) is 10.3 Å². The average Bonchev–Trinajstić information content (AvgIpc) is 3.31. The van der Waals surface area contributed by atoms with E-state index in [2.05, 4.69) is 34.3 Å². The molecule has 0 fully saturated rings. The summed E-state index contributed by atoms with van der Waals surface area (Å²) < 4.78 is 11.1. The zero-order valence-corrected chi connectivity index (χ0v) is 17.0. The molecule has 3 rings (SSSR count). The first kappa shape index (κ1) is 18.9. The van der Waals surface area contributed by atoms with Crippen molar-refractivity contribution in [2.75, 3.05) is 13.7 Å². The Bertz CT molecular complexity index is 815. The number of nitrogens with one attached hydrogen (secondary N) is 1. The molecule has 2 aromatic heterocycles. The van der Waals surface area contributed by atoms with E-state index in [4.69, 9.17) is 14.5 Å². The first-order valence-corrected chi connectivity index (χ1v) is 10.4. The largest absolute Gasteiger partial charge is 0.493 e. The molecule has 0 aliphatic rings. The van der Waals surface area contributed by atoms with Gasteiger partial charge in [0, 0.05) is 28.9 Å². The summed E-state index contributed by atoms with van der Waals surface area (Å²) in [7, 11) is 1.67. The number of ether oxygens (including phenoxy) is 2. The third kappa shape index (κ3) is 4.84. The number of hydrogen-bond donors (Lipinski definition) is 1. The van der Waals surface area contributed by atoms with Crippen LogP contribution in [0, 0.1) is 6.92 Å². The van der Waals surface area contributed by atoms with Gasteiger partial charge in [0.25, 0.3) is 0 Å². The van der Waals surface area contributed by atoms with Gasteiger partial charge in [-0.25, -0.2) is 4.98 Å². The van der Waals surface area contributed by atoms with Crippen LogP contribution in [0.4, 0.5) is 0 Å². The number of aromatic nitrogens is 1. The van der Waals surface area contributed by atoms with Crippen LogP contribution in [0.25, 0.3) is 0 Å². The Morgan fingerprint density at radius 1 is 1.19 bits per heavy atom. The van der Waals surface area contributed by atoms with Crippen LogP contribution < -0.4 is 14.8 Å². The summed E-state index contributed by atoms with van der Waals surface area (Å²) >= 11 is 3.51. The highest BCUT2D eigenvalue weighted by Gasteiger charge is 2.16. The van der Waals surface area contributed by atoms with Crippen LogP contribution in [0.1, 0.15) is 34.1 Å². The van der Waals surface area contributed by atoms with E-state index >= 15 is 0 Å². The molecule has 0 radical (unpaired) electrons. The molecule has 1 aromatic carbocycles. The summed E-state index contributed by atoms with van der Waals surface area (Å²) in [6, 6.07) is 10.6. The fourth-order valence-electron chi connectivity index (χ4n) is 2.75. The van der Waals surface area contributed by atoms with Crippen molar-refractivity contribution in [3.63, 3.8) is 0 Å². The van der Waals surface area contributed by atoms with Crippen LogP contribution in [0.3, 0.4) is 0 Å². The second-order valence-corrected chi connectivity index (χ2v) is 7.88. The highest BCUT2D eigenvalue weighted by atomic mass is 32.1. The summed E-state index contributed by atoms with van der Waals surface area (Å²) in [5, 5.41) is 9.03. The van der Waals surface area contributed by atoms with Gasteiger partial charge in [0.05, 0.1) is 19.8 Å². The predicted octanol–water partition coefficient (Wildman–Crippen LogP) is 4.99. The number of rotatable bonds is 9. The maximum absolute atomic E-state index is 5.60. The van der Waals surface area contributed by atoms with Gasteiger partial charge in [0.1, 0.15) is 5.01 Å². The summed E-state index contributed by atoms with van der Waals surface area (Å²) in [6.07, 6.45) is 0.943. The third-order valence-corrected chi connectivity index (χ3v) is 5.98. The van der Waals surface area contributed by atoms with E-state index in [1.54, 1.807) is 29.8 Å². The number of hydrogen-bond acceptors (Lipinski definition) is 6. The molecular formula is C20H24N2O2S2. The zero-order chi connectivity index (χ0) is 18.4. The number of benzene rings is 1.